The zero-order valence-corrected chi connectivity index (χ0v) is 48.9. The topological polar surface area (TPSA) is 19.0 Å². The number of anilines is 8. The molecule has 3 aliphatic heterocycles. The monoisotopic (exact) mass is 1020 g/mol. The maximum atomic E-state index is 7.00. The maximum absolute atomic E-state index is 7.00. The van der Waals surface area contributed by atoms with E-state index in [1.807, 2.05) is 0 Å². The van der Waals surface area contributed by atoms with Crippen molar-refractivity contribution in [3.05, 3.63) is 158 Å². The highest BCUT2D eigenvalue weighted by Crippen LogP contribution is 2.59. The smallest absolute Gasteiger partial charge is 0.264 e. The van der Waals surface area contributed by atoms with Crippen LogP contribution in [0.1, 0.15) is 173 Å². The Morgan fingerprint density at radius 1 is 0.605 bits per heavy atom. The zero-order chi connectivity index (χ0) is 53.1. The summed E-state index contributed by atoms with van der Waals surface area (Å²) in [6, 6.07) is 34.3. The molecule has 0 N–H and O–H groups in total. The minimum Gasteiger partial charge on any atom is -0.457 e. The number of hydrogen-bond donors (Lipinski definition) is 0. The molecular weight excluding hydrogens is 942 g/mol. The third-order valence-corrected chi connectivity index (χ3v) is 21.4. The number of rotatable bonds is 3. The van der Waals surface area contributed by atoms with E-state index in [2.05, 4.69) is 239 Å². The number of ether oxygens (including phenoxy) is 1. The Balaban J connectivity index is 1.14. The zero-order valence-electron chi connectivity index (χ0n) is 48.1. The first kappa shape index (κ1) is 48.6. The third kappa shape index (κ3) is 7.06. The van der Waals surface area contributed by atoms with Gasteiger partial charge >= 0.3 is 0 Å². The average molecular weight is 1020 g/mol. The summed E-state index contributed by atoms with van der Waals surface area (Å²) in [6.07, 6.45) is 16.7. The van der Waals surface area contributed by atoms with Gasteiger partial charge in [0.05, 0.1) is 22.8 Å². The third-order valence-electron chi connectivity index (χ3n) is 20.1. The van der Waals surface area contributed by atoms with E-state index >= 15 is 0 Å². The quantitative estimate of drug-likeness (QED) is 0.164. The lowest BCUT2D eigenvalue weighted by Crippen LogP contribution is -2.61. The van der Waals surface area contributed by atoms with E-state index in [-0.39, 0.29) is 39.2 Å². The van der Waals surface area contributed by atoms with Gasteiger partial charge in [0.25, 0.3) is 6.71 Å². The largest absolute Gasteiger partial charge is 0.457 e. The molecule has 14 rings (SSSR count). The molecule has 6 aromatic rings. The minimum absolute atomic E-state index is 0.0205. The molecule has 1 aromatic heterocycles. The van der Waals surface area contributed by atoms with Crippen LogP contribution in [0.4, 0.5) is 45.5 Å². The predicted octanol–water partition coefficient (Wildman–Crippen LogP) is 17.3. The number of fused-ring (bicyclic) bond motifs is 11. The summed E-state index contributed by atoms with van der Waals surface area (Å²) in [5.41, 5.74) is 24.6. The molecule has 388 valence electrons. The van der Waals surface area contributed by atoms with Gasteiger partial charge in [0.2, 0.25) is 0 Å². The van der Waals surface area contributed by atoms with E-state index in [4.69, 9.17) is 4.74 Å². The molecule has 0 spiro atoms. The molecule has 0 amide bonds. The molecule has 4 nitrogen and oxygen atoms in total. The van der Waals surface area contributed by atoms with Crippen molar-refractivity contribution in [2.45, 2.75) is 169 Å². The summed E-state index contributed by atoms with van der Waals surface area (Å²) >= 11 is 2.07. The van der Waals surface area contributed by atoms with Gasteiger partial charge in [0.1, 0.15) is 5.76 Å². The van der Waals surface area contributed by atoms with Crippen molar-refractivity contribution in [3.63, 3.8) is 0 Å². The number of benzene rings is 5. The molecule has 5 aromatic carbocycles. The van der Waals surface area contributed by atoms with Crippen LogP contribution in [0.2, 0.25) is 0 Å². The van der Waals surface area contributed by atoms with Gasteiger partial charge in [-0.1, -0.05) is 145 Å². The van der Waals surface area contributed by atoms with Crippen molar-refractivity contribution in [2.24, 2.45) is 23.2 Å². The molecule has 8 aliphatic rings. The fourth-order valence-corrected chi connectivity index (χ4v) is 16.2. The average Bonchev–Trinajstić information content (AvgIpc) is 4.14. The summed E-state index contributed by atoms with van der Waals surface area (Å²) in [7, 11) is 0. The lowest BCUT2D eigenvalue weighted by Gasteiger charge is -2.48. The van der Waals surface area contributed by atoms with E-state index in [0.717, 1.165) is 36.5 Å². The SMILES string of the molecule is Cc1cc2c(cc1N1c3cc4c(cc3B3c5sc6c(c5N(c5ccc(C(C)(C)C)cc5)c5cc(N7C8=C(Oc9ccccc97)[C@H]7CC7C=C8)cc1c53)CC(C(C)(C)C)C=C6)C(C)(C)CCC4(C)C)C(C)(C)CCC2(C)C. The highest BCUT2D eigenvalue weighted by Gasteiger charge is 2.51. The molecule has 6 heteroatoms. The number of aryl methyl sites for hydroxylation is 1. The number of hydrogen-bond acceptors (Lipinski definition) is 5. The van der Waals surface area contributed by atoms with Crippen molar-refractivity contribution >= 4 is 85.3 Å². The molecule has 76 heavy (non-hydrogen) atoms. The minimum atomic E-state index is 0.0205. The number of thiophene rings is 1. The van der Waals surface area contributed by atoms with Crippen LogP contribution < -0.4 is 35.1 Å². The van der Waals surface area contributed by atoms with Gasteiger partial charge in [-0.3, -0.25) is 0 Å². The summed E-state index contributed by atoms with van der Waals surface area (Å²) in [5.74, 6) is 3.42. The normalized spacial score (nSPS) is 23.3. The van der Waals surface area contributed by atoms with Crippen LogP contribution >= 0.6 is 11.3 Å². The molecule has 5 aliphatic carbocycles. The van der Waals surface area contributed by atoms with Gasteiger partial charge in [-0.2, -0.15) is 0 Å². The van der Waals surface area contributed by atoms with Gasteiger partial charge in [0, 0.05) is 44.0 Å². The predicted molar refractivity (Wildman–Crippen MR) is 325 cm³/mol. The lowest BCUT2D eigenvalue weighted by molar-refractivity contribution is 0.291. The highest BCUT2D eigenvalue weighted by molar-refractivity contribution is 7.29. The first-order valence-corrected chi connectivity index (χ1v) is 29.7. The van der Waals surface area contributed by atoms with E-state index in [9.17, 15) is 0 Å². The number of para-hydroxylation sites is 2. The van der Waals surface area contributed by atoms with Crippen LogP contribution in [-0.4, -0.2) is 6.71 Å². The van der Waals surface area contributed by atoms with Gasteiger partial charge in [-0.25, -0.2) is 0 Å². The highest BCUT2D eigenvalue weighted by atomic mass is 32.1. The van der Waals surface area contributed by atoms with Gasteiger partial charge in [-0.05, 0) is 200 Å². The Bertz CT molecular complexity index is 3600. The summed E-state index contributed by atoms with van der Waals surface area (Å²) in [6.45, 7) is 36.7. The van der Waals surface area contributed by atoms with E-state index in [1.54, 1.807) is 0 Å². The van der Waals surface area contributed by atoms with Crippen molar-refractivity contribution in [1.29, 1.82) is 0 Å². The standard InChI is InChI=1S/C70H78BN3OS/c1-40-32-48-50(69(12,13)30-28-67(48,8)9)38-55(40)74-56-39-51-49(68(10,11)29-31-70(51,14)15)37-52(56)71-61-57(35-45(36-58(61)74)72-53-18-16-17-19-59(53)75-63-46-33-41(46)20-26-54(63)72)73(44-24-21-42(22-25-44)65(2,3)4)62-47-34-43(66(5,6)7)23-27-60(47)76-64(62)71/h16-27,32,35-39,41,43,46H,28-31,33-34H2,1-15H3/t41?,43?,46-/m0/s1. The van der Waals surface area contributed by atoms with E-state index in [0.29, 0.717) is 17.8 Å². The first-order valence-electron chi connectivity index (χ1n) is 28.9. The van der Waals surface area contributed by atoms with Crippen LogP contribution in [0.15, 0.2) is 115 Å². The van der Waals surface area contributed by atoms with Crippen LogP contribution in [0.25, 0.3) is 6.08 Å². The molecule has 0 radical (unpaired) electrons. The molecule has 1 fully saturated rings. The Hall–Kier alpha value is -5.72. The van der Waals surface area contributed by atoms with Crippen molar-refractivity contribution < 1.29 is 4.74 Å². The van der Waals surface area contributed by atoms with Crippen molar-refractivity contribution in [2.75, 3.05) is 14.7 Å². The molecular formula is C70H78BN3OS. The van der Waals surface area contributed by atoms with Crippen LogP contribution in [0.3, 0.4) is 0 Å². The maximum Gasteiger partial charge on any atom is 0.264 e. The van der Waals surface area contributed by atoms with Crippen LogP contribution in [0.5, 0.6) is 5.75 Å². The molecule has 3 atom stereocenters. The van der Waals surface area contributed by atoms with Crippen LogP contribution in [0, 0.1) is 30.1 Å². The number of nitrogens with zero attached hydrogens (tertiary/aromatic N) is 3. The fraction of sp³-hybridized carbons (Fsp3) is 0.429. The van der Waals surface area contributed by atoms with E-state index in [1.165, 1.54) is 124 Å². The summed E-state index contributed by atoms with van der Waals surface area (Å²) in [4.78, 5) is 9.51. The molecule has 2 unspecified atom stereocenters. The molecule has 0 bridgehead atoms. The van der Waals surface area contributed by atoms with Gasteiger partial charge < -0.3 is 19.4 Å². The number of allylic oxidation sites excluding steroid dienone is 4. The Kier molecular flexibility index (Phi) is 10.1. The Morgan fingerprint density at radius 3 is 1.86 bits per heavy atom. The molecule has 1 saturated carbocycles. The molecule has 0 saturated heterocycles. The first-order chi connectivity index (χ1) is 35.8. The fourth-order valence-electron chi connectivity index (χ4n) is 14.9. The van der Waals surface area contributed by atoms with Gasteiger partial charge in [0.15, 0.2) is 5.75 Å². The van der Waals surface area contributed by atoms with Crippen molar-refractivity contribution in [1.82, 2.24) is 0 Å². The second kappa shape index (κ2) is 15.7. The summed E-state index contributed by atoms with van der Waals surface area (Å²) in [5, 5.41) is 0. The lowest BCUT2D eigenvalue weighted by atomic mass is 9.35. The van der Waals surface area contributed by atoms with Crippen molar-refractivity contribution in [3.8, 4) is 5.75 Å². The Morgan fingerprint density at radius 2 is 1.21 bits per heavy atom. The molecule has 4 heterocycles. The summed E-state index contributed by atoms with van der Waals surface area (Å²) < 4.78 is 8.47. The van der Waals surface area contributed by atoms with E-state index < -0.39 is 0 Å². The van der Waals surface area contributed by atoms with Crippen LogP contribution in [-0.2, 0) is 33.5 Å². The Labute approximate surface area is 459 Å². The second-order valence-electron chi connectivity index (χ2n) is 29.2. The van der Waals surface area contributed by atoms with Gasteiger partial charge in [-0.15, -0.1) is 11.3 Å². The second-order valence-corrected chi connectivity index (χ2v) is 30.3.